The lowest BCUT2D eigenvalue weighted by Crippen LogP contribution is -2.40. The number of amides is 1. The fourth-order valence-corrected chi connectivity index (χ4v) is 6.26. The molecule has 1 aliphatic heterocycles. The number of ether oxygens (including phenoxy) is 1. The van der Waals surface area contributed by atoms with Gasteiger partial charge in [-0.15, -0.1) is 0 Å². The van der Waals surface area contributed by atoms with Crippen LogP contribution < -0.4 is 4.31 Å². The molecule has 0 bridgehead atoms. The van der Waals surface area contributed by atoms with E-state index in [9.17, 15) is 26.4 Å². The summed E-state index contributed by atoms with van der Waals surface area (Å²) in [6, 6.07) is 13.3. The topological polar surface area (TPSA) is 118 Å². The first kappa shape index (κ1) is 23.7. The van der Waals surface area contributed by atoms with Crippen LogP contribution in [0.25, 0.3) is 0 Å². The van der Waals surface area contributed by atoms with E-state index >= 15 is 0 Å². The molecule has 0 aromatic heterocycles. The van der Waals surface area contributed by atoms with Crippen LogP contribution in [0.5, 0.6) is 0 Å². The van der Waals surface area contributed by atoms with Crippen LogP contribution in [0.15, 0.2) is 59.5 Å². The van der Waals surface area contributed by atoms with Crippen molar-refractivity contribution >= 4 is 37.4 Å². The number of likely N-dealkylation sites (N-methyl/N-ethyl adjacent to an activating group) is 1. The van der Waals surface area contributed by atoms with E-state index in [1.165, 1.54) is 43.3 Å². The summed E-state index contributed by atoms with van der Waals surface area (Å²) >= 11 is 0. The van der Waals surface area contributed by atoms with E-state index in [0.717, 1.165) is 4.31 Å². The lowest BCUT2D eigenvalue weighted by Gasteiger charge is -2.23. The Kier molecular flexibility index (Phi) is 6.89. The fraction of sp³-hybridized carbons (Fsp3) is 0.333. The summed E-state index contributed by atoms with van der Waals surface area (Å²) in [6.07, 6.45) is 0.353. The van der Waals surface area contributed by atoms with Crippen LogP contribution in [0.2, 0.25) is 0 Å². The number of anilines is 1. The maximum Gasteiger partial charge on any atom is 0.338 e. The van der Waals surface area contributed by atoms with Gasteiger partial charge >= 0.3 is 5.97 Å². The molecule has 1 atom stereocenters. The number of benzene rings is 2. The van der Waals surface area contributed by atoms with Crippen molar-refractivity contribution in [1.82, 2.24) is 4.90 Å². The van der Waals surface area contributed by atoms with Gasteiger partial charge in [-0.05, 0) is 42.8 Å². The third kappa shape index (κ3) is 5.28. The summed E-state index contributed by atoms with van der Waals surface area (Å²) in [5, 5.41) is 0. The van der Waals surface area contributed by atoms with E-state index in [0.29, 0.717) is 12.1 Å². The van der Waals surface area contributed by atoms with E-state index in [4.69, 9.17) is 4.74 Å². The van der Waals surface area contributed by atoms with Gasteiger partial charge in [0.05, 0.1) is 27.7 Å². The summed E-state index contributed by atoms with van der Waals surface area (Å²) in [5.41, 5.74) is 0.582. The quantitative estimate of drug-likeness (QED) is 0.548. The summed E-state index contributed by atoms with van der Waals surface area (Å²) in [5.74, 6) is -1.37. The maximum atomic E-state index is 12.8. The van der Waals surface area contributed by atoms with Gasteiger partial charge in [-0.2, -0.15) is 0 Å². The van der Waals surface area contributed by atoms with Gasteiger partial charge in [0, 0.05) is 20.1 Å². The number of nitrogens with zero attached hydrogens (tertiary/aromatic N) is 2. The molecule has 1 heterocycles. The number of sulfonamides is 1. The number of sulfone groups is 1. The first-order valence-corrected chi connectivity index (χ1v) is 13.0. The average Bonchev–Trinajstić information content (AvgIpc) is 3.16. The van der Waals surface area contributed by atoms with Crippen molar-refractivity contribution in [2.75, 3.05) is 36.5 Å². The van der Waals surface area contributed by atoms with Crippen LogP contribution in [0.1, 0.15) is 16.8 Å². The Hall–Kier alpha value is -2.92. The number of hydrogen-bond acceptors (Lipinski definition) is 7. The lowest BCUT2D eigenvalue weighted by atomic mass is 10.2. The number of hydrogen-bond donors (Lipinski definition) is 0. The van der Waals surface area contributed by atoms with Crippen molar-refractivity contribution in [2.24, 2.45) is 0 Å². The van der Waals surface area contributed by atoms with Gasteiger partial charge in [0.2, 0.25) is 0 Å². The zero-order valence-electron chi connectivity index (χ0n) is 17.7. The largest absolute Gasteiger partial charge is 0.452 e. The van der Waals surface area contributed by atoms with Gasteiger partial charge in [-0.3, -0.25) is 9.10 Å². The third-order valence-corrected chi connectivity index (χ3v) is 8.89. The van der Waals surface area contributed by atoms with Gasteiger partial charge in [0.15, 0.2) is 16.4 Å². The normalized spacial score (nSPS) is 17.5. The Morgan fingerprint density at radius 2 is 1.66 bits per heavy atom. The average molecular weight is 481 g/mol. The van der Waals surface area contributed by atoms with E-state index < -0.39 is 44.4 Å². The number of rotatable bonds is 7. The Labute approximate surface area is 187 Å². The molecular weight excluding hydrogens is 456 g/mol. The number of carbonyl (C=O) groups is 2. The van der Waals surface area contributed by atoms with Crippen molar-refractivity contribution in [1.29, 1.82) is 0 Å². The Balaban J connectivity index is 1.61. The summed E-state index contributed by atoms with van der Waals surface area (Å²) in [7, 11) is -4.05. The van der Waals surface area contributed by atoms with E-state index in [2.05, 4.69) is 0 Å². The van der Waals surface area contributed by atoms with Gasteiger partial charge in [-0.25, -0.2) is 21.6 Å². The second kappa shape index (κ2) is 9.29. The second-order valence-corrected chi connectivity index (χ2v) is 11.7. The summed E-state index contributed by atoms with van der Waals surface area (Å²) in [4.78, 5) is 25.8. The summed E-state index contributed by atoms with van der Waals surface area (Å²) in [6.45, 7) is -0.539. The van der Waals surface area contributed by atoms with E-state index in [-0.39, 0.29) is 22.0 Å². The van der Waals surface area contributed by atoms with Crippen molar-refractivity contribution < 1.29 is 31.2 Å². The molecule has 0 aliphatic carbocycles. The van der Waals surface area contributed by atoms with Crippen molar-refractivity contribution in [3.8, 4) is 0 Å². The molecule has 172 valence electrons. The van der Waals surface area contributed by atoms with Crippen LogP contribution >= 0.6 is 0 Å². The molecule has 1 unspecified atom stereocenters. The molecule has 2 aromatic rings. The molecule has 2 aromatic carbocycles. The zero-order chi connectivity index (χ0) is 23.5. The molecule has 0 N–H and O–H groups in total. The van der Waals surface area contributed by atoms with Gasteiger partial charge in [-0.1, -0.05) is 18.2 Å². The molecule has 0 saturated carbocycles. The number of para-hydroxylation sites is 1. The monoisotopic (exact) mass is 480 g/mol. The van der Waals surface area contributed by atoms with E-state index in [1.54, 1.807) is 30.3 Å². The highest BCUT2D eigenvalue weighted by Gasteiger charge is 2.33. The maximum absolute atomic E-state index is 12.8. The van der Waals surface area contributed by atoms with Crippen LogP contribution in [0.4, 0.5) is 5.69 Å². The predicted molar refractivity (Wildman–Crippen MR) is 119 cm³/mol. The molecule has 1 amide bonds. The van der Waals surface area contributed by atoms with Gasteiger partial charge < -0.3 is 9.64 Å². The fourth-order valence-electron chi connectivity index (χ4n) is 3.29. The third-order valence-electron chi connectivity index (χ3n) is 5.34. The molecule has 9 nitrogen and oxygen atoms in total. The number of esters is 1. The molecule has 11 heteroatoms. The number of carbonyl (C=O) groups excluding carboxylic acids is 2. The lowest BCUT2D eigenvalue weighted by molar-refractivity contribution is -0.134. The van der Waals surface area contributed by atoms with Crippen molar-refractivity contribution in [3.63, 3.8) is 0 Å². The second-order valence-electron chi connectivity index (χ2n) is 7.47. The van der Waals surface area contributed by atoms with Crippen LogP contribution in [0.3, 0.4) is 0 Å². The minimum atomic E-state index is -3.82. The minimum absolute atomic E-state index is 0.00124. The highest BCUT2D eigenvalue weighted by Crippen LogP contribution is 2.22. The SMILES string of the molecule is CN(C(=O)COC(=O)c1ccc(S(=O)(=O)N(C)c2ccccc2)cc1)C1CCS(=O)(=O)C1. The van der Waals surface area contributed by atoms with Crippen LogP contribution in [-0.2, 0) is 29.4 Å². The first-order chi connectivity index (χ1) is 15.0. The highest BCUT2D eigenvalue weighted by molar-refractivity contribution is 7.92. The molecule has 32 heavy (non-hydrogen) atoms. The predicted octanol–water partition coefficient (Wildman–Crippen LogP) is 1.31. The highest BCUT2D eigenvalue weighted by atomic mass is 32.2. The molecule has 1 saturated heterocycles. The molecule has 0 radical (unpaired) electrons. The minimum Gasteiger partial charge on any atom is -0.452 e. The summed E-state index contributed by atoms with van der Waals surface area (Å²) < 4.78 is 54.9. The standard InChI is InChI=1S/C21H24N2O7S2/c1-22(18-12-13-31(26,27)15-18)20(24)14-30-21(25)16-8-10-19(11-9-16)32(28,29)23(2)17-6-4-3-5-7-17/h3-11,18H,12-15H2,1-2H3. The van der Waals surface area contributed by atoms with Crippen LogP contribution in [0, 0.1) is 0 Å². The Morgan fingerprint density at radius 1 is 1.03 bits per heavy atom. The molecule has 1 aliphatic rings. The van der Waals surface area contributed by atoms with Crippen LogP contribution in [-0.4, -0.2) is 71.9 Å². The zero-order valence-corrected chi connectivity index (χ0v) is 19.3. The molecule has 3 rings (SSSR count). The van der Waals surface area contributed by atoms with Crippen molar-refractivity contribution in [2.45, 2.75) is 17.4 Å². The van der Waals surface area contributed by atoms with E-state index in [1.807, 2.05) is 0 Å². The molecule has 0 spiro atoms. The molecular formula is C21H24N2O7S2. The molecule has 1 fully saturated rings. The van der Waals surface area contributed by atoms with Gasteiger partial charge in [0.1, 0.15) is 0 Å². The smallest absolute Gasteiger partial charge is 0.338 e. The first-order valence-electron chi connectivity index (χ1n) is 9.78. The van der Waals surface area contributed by atoms with Gasteiger partial charge in [0.25, 0.3) is 15.9 Å². The van der Waals surface area contributed by atoms with Crippen molar-refractivity contribution in [3.05, 3.63) is 60.2 Å². The Bertz CT molecular complexity index is 1190. The Morgan fingerprint density at radius 3 is 2.22 bits per heavy atom.